The van der Waals surface area contributed by atoms with Gasteiger partial charge in [-0.1, -0.05) is 23.7 Å². The molecule has 12 heteroatoms. The van der Waals surface area contributed by atoms with Gasteiger partial charge in [0.05, 0.1) is 10.7 Å². The molecule has 1 aliphatic carbocycles. The number of aliphatic carboxylic acids is 1. The number of sulfonamides is 1. The van der Waals surface area contributed by atoms with Crippen LogP contribution in [0.5, 0.6) is 0 Å². The fourth-order valence-corrected chi connectivity index (χ4v) is 6.63. The third-order valence-electron chi connectivity index (χ3n) is 6.82. The van der Waals surface area contributed by atoms with Gasteiger partial charge in [-0.15, -0.1) is 12.4 Å². The van der Waals surface area contributed by atoms with Crippen LogP contribution in [0.2, 0.25) is 5.02 Å². The summed E-state index contributed by atoms with van der Waals surface area (Å²) >= 11 is 6.01. The lowest BCUT2D eigenvalue weighted by Crippen LogP contribution is -2.60. The van der Waals surface area contributed by atoms with Crippen molar-refractivity contribution in [3.05, 3.63) is 41.4 Å². The quantitative estimate of drug-likeness (QED) is 0.382. The average molecular weight is 558 g/mol. The molecule has 1 saturated heterocycles. The highest BCUT2D eigenvalue weighted by Crippen LogP contribution is 2.30. The van der Waals surface area contributed by atoms with Crippen molar-refractivity contribution in [2.24, 2.45) is 5.92 Å². The van der Waals surface area contributed by atoms with Gasteiger partial charge < -0.3 is 15.3 Å². The van der Waals surface area contributed by atoms with Gasteiger partial charge in [0, 0.05) is 36.6 Å². The summed E-state index contributed by atoms with van der Waals surface area (Å²) in [6.45, 7) is 1.43. The van der Waals surface area contributed by atoms with Gasteiger partial charge >= 0.3 is 5.97 Å². The fraction of sp³-hybridized carbons (Fsp3) is 0.458. The van der Waals surface area contributed by atoms with Gasteiger partial charge in [-0.25, -0.2) is 13.2 Å². The molecule has 3 N–H and O–H groups in total. The number of piperazine rings is 1. The first-order chi connectivity index (χ1) is 16.6. The number of carbonyl (C=O) groups excluding carboxylic acids is 1. The molecule has 2 aromatic rings. The van der Waals surface area contributed by atoms with E-state index in [2.05, 4.69) is 5.32 Å². The molecule has 0 bridgehead atoms. The molecule has 0 spiro atoms. The summed E-state index contributed by atoms with van der Waals surface area (Å²) in [6.07, 6.45) is 2.67. The van der Waals surface area contributed by atoms with Crippen molar-refractivity contribution in [3.63, 3.8) is 0 Å². The maximum Gasteiger partial charge on any atom is 0.327 e. The molecule has 1 saturated carbocycles. The Morgan fingerprint density at radius 2 is 1.69 bits per heavy atom. The SMILES string of the molecule is CC(=N)N[C@H]1CC[C@H](C(=O)N2CCN(S(=O)(=O)c3ccc4cc(Cl)ccc4c3)CC2C(=O)O)CC1.Cl. The van der Waals surface area contributed by atoms with E-state index >= 15 is 0 Å². The van der Waals surface area contributed by atoms with Gasteiger partial charge in [0.15, 0.2) is 0 Å². The predicted octanol–water partition coefficient (Wildman–Crippen LogP) is 3.35. The van der Waals surface area contributed by atoms with E-state index in [0.29, 0.717) is 29.1 Å². The van der Waals surface area contributed by atoms with Crippen molar-refractivity contribution in [1.82, 2.24) is 14.5 Å². The van der Waals surface area contributed by atoms with Crippen LogP contribution in [0.25, 0.3) is 10.8 Å². The van der Waals surface area contributed by atoms with Crippen molar-refractivity contribution in [3.8, 4) is 0 Å². The zero-order valence-corrected chi connectivity index (χ0v) is 22.2. The number of hydrogen-bond acceptors (Lipinski definition) is 5. The van der Waals surface area contributed by atoms with E-state index in [1.807, 2.05) is 0 Å². The van der Waals surface area contributed by atoms with Crippen LogP contribution in [-0.2, 0) is 19.6 Å². The van der Waals surface area contributed by atoms with Crippen molar-refractivity contribution in [2.75, 3.05) is 19.6 Å². The molecular weight excluding hydrogens is 527 g/mol. The summed E-state index contributed by atoms with van der Waals surface area (Å²) in [7, 11) is -3.95. The van der Waals surface area contributed by atoms with Crippen LogP contribution in [-0.4, -0.2) is 72.2 Å². The summed E-state index contributed by atoms with van der Waals surface area (Å²) in [4.78, 5) is 26.7. The van der Waals surface area contributed by atoms with Crippen molar-refractivity contribution in [2.45, 2.75) is 49.6 Å². The van der Waals surface area contributed by atoms with Crippen LogP contribution >= 0.6 is 24.0 Å². The lowest BCUT2D eigenvalue weighted by atomic mass is 9.84. The molecular formula is C24H30Cl2N4O5S. The van der Waals surface area contributed by atoms with Crippen molar-refractivity contribution >= 4 is 62.5 Å². The topological polar surface area (TPSA) is 131 Å². The molecule has 2 fully saturated rings. The minimum absolute atomic E-state index is 0. The second kappa shape index (κ2) is 11.3. The van der Waals surface area contributed by atoms with Gasteiger partial charge in [0.1, 0.15) is 6.04 Å². The van der Waals surface area contributed by atoms with E-state index in [-0.39, 0.29) is 54.8 Å². The second-order valence-corrected chi connectivity index (χ2v) is 11.6. The molecule has 196 valence electrons. The van der Waals surface area contributed by atoms with Gasteiger partial charge in [-0.3, -0.25) is 10.2 Å². The number of hydrogen-bond donors (Lipinski definition) is 3. The van der Waals surface area contributed by atoms with Gasteiger partial charge in [-0.05, 0) is 67.6 Å². The lowest BCUT2D eigenvalue weighted by molar-refractivity contribution is -0.155. The van der Waals surface area contributed by atoms with E-state index in [4.69, 9.17) is 17.0 Å². The second-order valence-electron chi connectivity index (χ2n) is 9.22. The smallest absolute Gasteiger partial charge is 0.327 e. The Hall–Kier alpha value is -2.40. The van der Waals surface area contributed by atoms with Crippen LogP contribution in [0, 0.1) is 11.3 Å². The third-order valence-corrected chi connectivity index (χ3v) is 8.92. The summed E-state index contributed by atoms with van der Waals surface area (Å²) in [5.74, 6) is -1.36. The predicted molar refractivity (Wildman–Crippen MR) is 140 cm³/mol. The number of amides is 1. The minimum atomic E-state index is -3.95. The molecule has 1 amide bonds. The highest BCUT2D eigenvalue weighted by molar-refractivity contribution is 7.89. The average Bonchev–Trinajstić information content (AvgIpc) is 2.82. The molecule has 2 aliphatic rings. The maximum atomic E-state index is 13.3. The number of carboxylic acid groups (broad SMARTS) is 1. The monoisotopic (exact) mass is 556 g/mol. The van der Waals surface area contributed by atoms with Gasteiger partial charge in [0.25, 0.3) is 0 Å². The Morgan fingerprint density at radius 3 is 2.33 bits per heavy atom. The first-order valence-corrected chi connectivity index (χ1v) is 13.4. The summed E-state index contributed by atoms with van der Waals surface area (Å²) in [5.41, 5.74) is 0. The number of carbonyl (C=O) groups is 2. The van der Waals surface area contributed by atoms with E-state index in [9.17, 15) is 23.1 Å². The van der Waals surface area contributed by atoms with Crippen molar-refractivity contribution < 1.29 is 23.1 Å². The molecule has 0 radical (unpaired) electrons. The molecule has 1 unspecified atom stereocenters. The number of amidine groups is 1. The number of nitrogens with one attached hydrogen (secondary N) is 2. The number of rotatable bonds is 5. The highest BCUT2D eigenvalue weighted by Gasteiger charge is 2.42. The molecule has 36 heavy (non-hydrogen) atoms. The Labute approximate surface area is 221 Å². The van der Waals surface area contributed by atoms with E-state index in [0.717, 1.165) is 22.5 Å². The van der Waals surface area contributed by atoms with E-state index in [1.54, 1.807) is 37.3 Å². The minimum Gasteiger partial charge on any atom is -0.480 e. The van der Waals surface area contributed by atoms with Crippen LogP contribution in [0.4, 0.5) is 0 Å². The van der Waals surface area contributed by atoms with Gasteiger partial charge in [-0.2, -0.15) is 4.31 Å². The molecule has 1 atom stereocenters. The first kappa shape index (κ1) is 28.2. The fourth-order valence-electron chi connectivity index (χ4n) is 4.98. The number of carboxylic acids is 1. The van der Waals surface area contributed by atoms with Crippen molar-refractivity contribution in [1.29, 1.82) is 5.41 Å². The zero-order chi connectivity index (χ0) is 25.3. The summed E-state index contributed by atoms with van der Waals surface area (Å²) in [5, 5.41) is 22.6. The number of halogens is 2. The molecule has 9 nitrogen and oxygen atoms in total. The van der Waals surface area contributed by atoms with Crippen LogP contribution < -0.4 is 5.32 Å². The molecule has 4 rings (SSSR count). The maximum absolute atomic E-state index is 13.3. The summed E-state index contributed by atoms with van der Waals surface area (Å²) < 4.78 is 27.8. The van der Waals surface area contributed by atoms with Crippen LogP contribution in [0.1, 0.15) is 32.6 Å². The summed E-state index contributed by atoms with van der Waals surface area (Å²) in [6, 6.07) is 8.78. The molecule has 1 heterocycles. The Bertz CT molecular complexity index is 1260. The van der Waals surface area contributed by atoms with Crippen LogP contribution in [0.3, 0.4) is 0 Å². The number of nitrogens with zero attached hydrogens (tertiary/aromatic N) is 2. The normalized spacial score (nSPS) is 23.1. The standard InChI is InChI=1S/C24H29ClN4O5S.ClH/c1-15(26)27-20-7-3-16(4-8-20)23(30)29-11-10-28(14-22(29)24(31)32)35(33,34)21-9-5-17-12-19(25)6-2-18(17)13-21;/h2,5-6,9,12-13,16,20,22H,3-4,7-8,10-11,14H2,1H3,(H2,26,27)(H,31,32);1H/t16-,20-,22?;. The number of fused-ring (bicyclic) bond motifs is 1. The Morgan fingerprint density at radius 1 is 1.06 bits per heavy atom. The highest BCUT2D eigenvalue weighted by atomic mass is 35.5. The number of benzene rings is 2. The Kier molecular flexibility index (Phi) is 8.87. The molecule has 1 aliphatic heterocycles. The van der Waals surface area contributed by atoms with E-state index in [1.165, 1.54) is 11.0 Å². The zero-order valence-electron chi connectivity index (χ0n) is 19.8. The lowest BCUT2D eigenvalue weighted by Gasteiger charge is -2.41. The molecule has 2 aromatic carbocycles. The third kappa shape index (κ3) is 5.94. The van der Waals surface area contributed by atoms with E-state index < -0.39 is 22.0 Å². The van der Waals surface area contributed by atoms with Crippen LogP contribution in [0.15, 0.2) is 41.3 Å². The largest absolute Gasteiger partial charge is 0.480 e. The molecule has 0 aromatic heterocycles. The Balaban J connectivity index is 0.00000361. The first-order valence-electron chi connectivity index (χ1n) is 11.6. The van der Waals surface area contributed by atoms with Gasteiger partial charge in [0.2, 0.25) is 15.9 Å².